The number of ether oxygens (including phenoxy) is 6. The monoisotopic (exact) mass is 1700 g/mol. The van der Waals surface area contributed by atoms with Crippen LogP contribution in [0.5, 0.6) is 52.9 Å². The van der Waals surface area contributed by atoms with Crippen molar-refractivity contribution in [3.8, 4) is 52.9 Å². The van der Waals surface area contributed by atoms with E-state index >= 15 is 0 Å². The van der Waals surface area contributed by atoms with Crippen LogP contribution in [0.4, 0.5) is 26.2 Å². The summed E-state index contributed by atoms with van der Waals surface area (Å²) in [7, 11) is 4.20. The van der Waals surface area contributed by atoms with Crippen molar-refractivity contribution in [2.45, 2.75) is 57.7 Å². The van der Waals surface area contributed by atoms with Crippen molar-refractivity contribution in [1.29, 1.82) is 0 Å². The highest BCUT2D eigenvalue weighted by Gasteiger charge is 2.32. The lowest BCUT2D eigenvalue weighted by molar-refractivity contribution is -0.127. The maximum atomic E-state index is 14.6. The molecule has 5 saturated heterocycles. The minimum atomic E-state index is -0.671. The molecule has 5 fully saturated rings. The largest absolute Gasteiger partial charge is 0.462 e. The predicted molar refractivity (Wildman–Crippen MR) is 453 cm³/mol. The number of likely N-dealkylation sites (N-methyl/N-ethyl adjacent to an activating group) is 2. The summed E-state index contributed by atoms with van der Waals surface area (Å²) in [5.74, 6) is 1.40. The molecule has 0 radical (unpaired) electrons. The van der Waals surface area contributed by atoms with E-state index in [1.165, 1.54) is 49.2 Å². The van der Waals surface area contributed by atoms with E-state index in [-0.39, 0.29) is 81.7 Å². The van der Waals surface area contributed by atoms with Gasteiger partial charge in [-0.25, -0.2) is 23.7 Å². The summed E-state index contributed by atoms with van der Waals surface area (Å²) in [4.78, 5) is 98.6. The quantitative estimate of drug-likeness (QED) is 0.0563. The number of nitrogens with one attached hydrogen (secondary N) is 3. The molecule has 0 unspecified atom stereocenters. The lowest BCUT2D eigenvalue weighted by Crippen LogP contribution is -2.48. The summed E-state index contributed by atoms with van der Waals surface area (Å²) in [6.45, 7) is 22.3. The van der Waals surface area contributed by atoms with Crippen molar-refractivity contribution in [1.82, 2.24) is 105 Å². The average Bonchev–Trinajstić information content (AvgIpc) is 1.74. The number of H-pyrrole nitrogens is 3. The third-order valence-corrected chi connectivity index (χ3v) is 23.1. The van der Waals surface area contributed by atoms with Crippen LogP contribution in [0.1, 0.15) is 43.4 Å². The third kappa shape index (κ3) is 17.6. The van der Waals surface area contributed by atoms with E-state index < -0.39 is 11.6 Å². The van der Waals surface area contributed by atoms with Gasteiger partial charge in [0, 0.05) is 128 Å². The molecule has 10 aromatic heterocycles. The third-order valence-electron chi connectivity index (χ3n) is 21.9. The first-order valence-corrected chi connectivity index (χ1v) is 40.5. The Morgan fingerprint density at radius 3 is 1.21 bits per heavy atom. The molecule has 624 valence electrons. The molecule has 2 atom stereocenters. The van der Waals surface area contributed by atoms with Crippen LogP contribution in [0.2, 0.25) is 15.1 Å². The van der Waals surface area contributed by atoms with Gasteiger partial charge in [-0.2, -0.15) is 45.2 Å². The fourth-order valence-corrected chi connectivity index (χ4v) is 15.8. The van der Waals surface area contributed by atoms with Gasteiger partial charge in [0.1, 0.15) is 75.5 Å². The van der Waals surface area contributed by atoms with Gasteiger partial charge < -0.3 is 67.6 Å². The molecule has 0 bridgehead atoms. The second-order valence-corrected chi connectivity index (χ2v) is 30.5. The van der Waals surface area contributed by atoms with Gasteiger partial charge in [0.2, 0.25) is 35.4 Å². The normalized spacial score (nSPS) is 16.6. The number of piperazine rings is 3. The van der Waals surface area contributed by atoms with Gasteiger partial charge in [0.05, 0.1) is 78.2 Å². The van der Waals surface area contributed by atoms with Crippen LogP contribution >= 0.6 is 34.8 Å². The van der Waals surface area contributed by atoms with Gasteiger partial charge >= 0.3 is 18.0 Å². The Balaban J connectivity index is 0.000000135. The smallest absolute Gasteiger partial charge is 0.319 e. The van der Waals surface area contributed by atoms with Gasteiger partial charge in [-0.3, -0.25) is 34.7 Å². The van der Waals surface area contributed by atoms with Crippen molar-refractivity contribution in [3.05, 3.63) is 174 Å². The van der Waals surface area contributed by atoms with E-state index in [9.17, 15) is 23.2 Å². The van der Waals surface area contributed by atoms with E-state index in [0.29, 0.717) is 187 Å². The van der Waals surface area contributed by atoms with Crippen LogP contribution in [-0.2, 0) is 21.0 Å². The number of carbonyl (C=O) groups excluding carboxylic acids is 3. The van der Waals surface area contributed by atoms with Crippen LogP contribution in [-0.4, -0.2) is 254 Å². The summed E-state index contributed by atoms with van der Waals surface area (Å²) in [6.07, 6.45) is 20.7. The van der Waals surface area contributed by atoms with Gasteiger partial charge in [0.25, 0.3) is 0 Å². The van der Waals surface area contributed by atoms with Crippen molar-refractivity contribution in [2.24, 2.45) is 0 Å². The minimum absolute atomic E-state index is 0.0538. The predicted octanol–water partition coefficient (Wildman–Crippen LogP) is 12.4. The number of carbonyl (C=O) groups is 3. The number of rotatable bonds is 21. The number of aryl methyl sites for hydroxylation is 1. The molecule has 38 heteroatoms. The highest BCUT2D eigenvalue weighted by Crippen LogP contribution is 2.45. The van der Waals surface area contributed by atoms with Crippen molar-refractivity contribution in [3.63, 3.8) is 0 Å². The summed E-state index contributed by atoms with van der Waals surface area (Å²) in [5.41, 5.74) is 4.45. The van der Waals surface area contributed by atoms with Gasteiger partial charge in [0.15, 0.2) is 17.2 Å². The van der Waals surface area contributed by atoms with Crippen LogP contribution in [0.3, 0.4) is 0 Å². The Kier molecular flexibility index (Phi) is 24.6. The van der Waals surface area contributed by atoms with E-state index in [1.54, 1.807) is 57.8 Å². The fraction of sp³-hybridized carbons (Fsp3) is 0.325. The standard InChI is InChI=1S/C28H30ClFN8O3.C28H31ClN8O3.C27H22ClFN8O3/c1-3-22(39)37-10-12-38(13-11-37)26-18-7-8-31-27(41-25-19-15-32-35-21(19)14-20(30)23(25)29)24(18)33-28(34-26)40-16-17-6-4-5-9-36(17)2;1-4-22(38)36-10-12-37(13-11-36)26-19-7-8-30-27(40-25-20-15-31-34-21(20)14-17(2)23(25)29)24(19)32-28(33-26)39-16-18-6-5-9-35(18)3;1-2-21(38)36-9-11-37(12-10-36)25-17-6-8-31-26(40-24-18-14-32-35-20(18)13-19(29)22(24)28)23(17)33-27(34-25)39-15-16-5-3-4-7-30-16/h3,7-8,14-15,17H,1,4-6,9-13,16H2,2H3,(H,32,35);4,7-8,14-15,18H,1,5-6,9-13,16H2,2-3H3,(H,31,34);2-8,13-14H,1,9-12,15H2,(H,32,35)/t17-;18-;/m10./s1. The number of nitrogens with zero attached hydrogens (tertiary/aromatic N) is 21. The first kappa shape index (κ1) is 81.9. The van der Waals surface area contributed by atoms with Crippen LogP contribution in [0.25, 0.3) is 65.4 Å². The molecule has 5 aliphatic heterocycles. The van der Waals surface area contributed by atoms with Crippen LogP contribution in [0.15, 0.2) is 136 Å². The second-order valence-electron chi connectivity index (χ2n) is 29.4. The number of anilines is 3. The minimum Gasteiger partial charge on any atom is -0.462 e. The SMILES string of the molecule is C=CC(=O)N1CCN(c2nc(OC[C@@H]3CCCN3C)nc3c(Oc4c(Cl)c(C)cc5[nH]ncc45)nccc23)CC1.C=CC(=O)N1CCN(c2nc(OC[C@H]3CCCCN3C)nc3c(Oc4c(Cl)c(F)cc5[nH]ncc45)nccc23)CC1.C=CC(=O)N1CCN(c2nc(OCc3ccccn3)nc3c(Oc4c(Cl)c(F)cc5[nH]ncc45)nccc23)CC1. The number of pyridine rings is 4. The molecule has 121 heavy (non-hydrogen) atoms. The van der Waals surface area contributed by atoms with Gasteiger partial charge in [-0.15, -0.1) is 0 Å². The molecule has 3 N–H and O–H groups in total. The molecule has 3 aromatic carbocycles. The molecule has 0 saturated carbocycles. The van der Waals surface area contributed by atoms with Gasteiger partial charge in [-0.1, -0.05) is 67.0 Å². The topological polar surface area (TPSA) is 347 Å². The van der Waals surface area contributed by atoms with E-state index in [0.717, 1.165) is 60.6 Å². The molecular weight excluding hydrogens is 1620 g/mol. The molecule has 18 rings (SSSR count). The van der Waals surface area contributed by atoms with Crippen molar-refractivity contribution >= 4 is 135 Å². The second kappa shape index (κ2) is 36.4. The number of hydrogen-bond donors (Lipinski definition) is 3. The molecule has 3 amide bonds. The molecule has 13 aromatic rings. The van der Waals surface area contributed by atoms with Gasteiger partial charge in [-0.05, 0) is 120 Å². The average molecular weight is 1710 g/mol. The highest BCUT2D eigenvalue weighted by atomic mass is 35.5. The van der Waals surface area contributed by atoms with E-state index in [1.807, 2.05) is 42.2 Å². The number of halogens is 5. The molecule has 0 spiro atoms. The summed E-state index contributed by atoms with van der Waals surface area (Å²) in [6, 6.07) is 16.5. The zero-order valence-electron chi connectivity index (χ0n) is 66.3. The van der Waals surface area contributed by atoms with E-state index in [4.69, 9.17) is 88.1 Å². The number of amides is 3. The Morgan fingerprint density at radius 2 is 0.835 bits per heavy atom. The Morgan fingerprint density at radius 1 is 0.455 bits per heavy atom. The molecule has 15 heterocycles. The molecular formula is C83H83Cl3F2N24O9. The first-order chi connectivity index (χ1) is 58.9. The maximum absolute atomic E-state index is 14.6. The lowest BCUT2D eigenvalue weighted by atomic mass is 10.0. The van der Waals surface area contributed by atoms with Crippen molar-refractivity contribution < 1.29 is 51.6 Å². The van der Waals surface area contributed by atoms with Crippen LogP contribution < -0.4 is 43.1 Å². The zero-order chi connectivity index (χ0) is 84.0. The lowest BCUT2D eigenvalue weighted by Gasteiger charge is -2.35. The molecule has 5 aliphatic rings. The summed E-state index contributed by atoms with van der Waals surface area (Å²) < 4.78 is 66.2. The fourth-order valence-electron chi connectivity index (χ4n) is 15.2. The Hall–Kier alpha value is -12.8. The zero-order valence-corrected chi connectivity index (χ0v) is 68.5. The number of aromatic amines is 3. The maximum Gasteiger partial charge on any atom is 0.319 e. The Labute approximate surface area is 706 Å². The number of benzene rings is 3. The highest BCUT2D eigenvalue weighted by molar-refractivity contribution is 6.34. The number of fused-ring (bicyclic) bond motifs is 6. The van der Waals surface area contributed by atoms with Crippen molar-refractivity contribution in [2.75, 3.05) is 134 Å². The Bertz CT molecular complexity index is 6070. The molecule has 33 nitrogen and oxygen atoms in total. The number of piperidine rings is 1. The number of aromatic nitrogens is 16. The summed E-state index contributed by atoms with van der Waals surface area (Å²) in [5, 5.41) is 24.4. The van der Waals surface area contributed by atoms with E-state index in [2.05, 4.69) is 109 Å². The summed E-state index contributed by atoms with van der Waals surface area (Å²) >= 11 is 19.3. The first-order valence-electron chi connectivity index (χ1n) is 39.3. The number of hydrogen-bond acceptors (Lipinski definition) is 27. The number of likely N-dealkylation sites (tertiary alicyclic amines) is 2. The van der Waals surface area contributed by atoms with Crippen LogP contribution in [0, 0.1) is 18.6 Å². The molecule has 0 aliphatic carbocycles.